The van der Waals surface area contributed by atoms with Crippen LogP contribution in [0, 0.1) is 5.92 Å². The van der Waals surface area contributed by atoms with E-state index in [2.05, 4.69) is 10.3 Å². The molecule has 24 heavy (non-hydrogen) atoms. The van der Waals surface area contributed by atoms with Gasteiger partial charge in [0.05, 0.1) is 18.3 Å². The molecule has 0 bridgehead atoms. The predicted octanol–water partition coefficient (Wildman–Crippen LogP) is 3.12. The molecule has 2 heterocycles. The second kappa shape index (κ2) is 7.93. The van der Waals surface area contributed by atoms with Crippen LogP contribution in [0.3, 0.4) is 0 Å². The van der Waals surface area contributed by atoms with Gasteiger partial charge < -0.3 is 15.0 Å². The number of hydrogen-bond donors (Lipinski definition) is 1. The molecule has 5 nitrogen and oxygen atoms in total. The van der Waals surface area contributed by atoms with Crippen LogP contribution in [0.25, 0.3) is 0 Å². The van der Waals surface area contributed by atoms with E-state index in [1.54, 1.807) is 11.3 Å². The normalized spacial score (nSPS) is 27.7. The van der Waals surface area contributed by atoms with E-state index < -0.39 is 0 Å². The van der Waals surface area contributed by atoms with Gasteiger partial charge in [0, 0.05) is 25.1 Å². The van der Waals surface area contributed by atoms with Crippen molar-refractivity contribution in [3.05, 3.63) is 16.1 Å². The maximum Gasteiger partial charge on any atom is 0.239 e. The predicted molar refractivity (Wildman–Crippen MR) is 95.9 cm³/mol. The Labute approximate surface area is 148 Å². The zero-order chi connectivity index (χ0) is 17.1. The lowest BCUT2D eigenvalue weighted by atomic mass is 9.85. The second-order valence-corrected chi connectivity index (χ2v) is 7.96. The Balaban J connectivity index is 1.55. The van der Waals surface area contributed by atoms with Gasteiger partial charge in [0.2, 0.25) is 5.91 Å². The Morgan fingerprint density at radius 3 is 3.04 bits per heavy atom. The van der Waals surface area contributed by atoms with Gasteiger partial charge in [-0.25, -0.2) is 4.98 Å². The fraction of sp³-hybridized carbons (Fsp3) is 0.778. The summed E-state index contributed by atoms with van der Waals surface area (Å²) in [7, 11) is 1.89. The van der Waals surface area contributed by atoms with Crippen molar-refractivity contribution in [3.63, 3.8) is 0 Å². The van der Waals surface area contributed by atoms with Crippen molar-refractivity contribution in [2.24, 2.45) is 5.92 Å². The van der Waals surface area contributed by atoms with E-state index in [1.165, 1.54) is 25.7 Å². The van der Waals surface area contributed by atoms with Crippen LogP contribution in [0.4, 0.5) is 0 Å². The minimum atomic E-state index is -0.0106. The molecular formula is C18H29N3O2S. The van der Waals surface area contributed by atoms with Crippen LogP contribution < -0.4 is 5.32 Å². The molecule has 1 saturated heterocycles. The van der Waals surface area contributed by atoms with Crippen molar-refractivity contribution in [3.8, 4) is 0 Å². The van der Waals surface area contributed by atoms with Crippen LogP contribution >= 0.6 is 11.3 Å². The summed E-state index contributed by atoms with van der Waals surface area (Å²) < 4.78 is 5.59. The molecule has 3 rings (SSSR count). The minimum absolute atomic E-state index is 0.0106. The summed E-state index contributed by atoms with van der Waals surface area (Å²) in [6.07, 6.45) is 6.13. The van der Waals surface area contributed by atoms with Crippen molar-refractivity contribution >= 4 is 17.2 Å². The molecule has 1 aromatic rings. The number of nitrogens with zero attached hydrogens (tertiary/aromatic N) is 2. The van der Waals surface area contributed by atoms with Crippen LogP contribution in [0.2, 0.25) is 0 Å². The molecule has 1 N–H and O–H groups in total. The van der Waals surface area contributed by atoms with Gasteiger partial charge in [-0.1, -0.05) is 12.8 Å². The van der Waals surface area contributed by atoms with Crippen LogP contribution in [0.15, 0.2) is 5.38 Å². The van der Waals surface area contributed by atoms with Crippen molar-refractivity contribution in [2.45, 2.75) is 70.7 Å². The Morgan fingerprint density at radius 2 is 2.29 bits per heavy atom. The number of rotatable bonds is 6. The van der Waals surface area contributed by atoms with Crippen LogP contribution in [0.5, 0.6) is 0 Å². The molecule has 1 aliphatic carbocycles. The number of thiazole rings is 1. The summed E-state index contributed by atoms with van der Waals surface area (Å²) in [6.45, 7) is 5.26. The maximum atomic E-state index is 12.8. The smallest absolute Gasteiger partial charge is 0.239 e. The summed E-state index contributed by atoms with van der Waals surface area (Å²) in [4.78, 5) is 19.2. The zero-order valence-electron chi connectivity index (χ0n) is 15.0. The van der Waals surface area contributed by atoms with Gasteiger partial charge in [0.25, 0.3) is 0 Å². The molecule has 0 aromatic carbocycles. The van der Waals surface area contributed by atoms with E-state index in [-0.39, 0.29) is 18.1 Å². The third kappa shape index (κ3) is 3.98. The number of fused-ring (bicyclic) bond motifs is 1. The first-order valence-corrected chi connectivity index (χ1v) is 10.0. The number of carbonyl (C=O) groups excluding carboxylic acids is 1. The van der Waals surface area contributed by atoms with Gasteiger partial charge in [-0.15, -0.1) is 11.3 Å². The summed E-state index contributed by atoms with van der Waals surface area (Å²) in [5, 5.41) is 6.59. The largest absolute Gasteiger partial charge is 0.372 e. The SMILES string of the molecule is CCOC(C)c1nc(CN(C)C(=O)C2CC3CCCCC3N2)cs1. The molecule has 134 valence electrons. The molecule has 2 fully saturated rings. The number of amides is 1. The minimum Gasteiger partial charge on any atom is -0.372 e. The Bertz CT molecular complexity index is 548. The van der Waals surface area contributed by atoms with Crippen molar-refractivity contribution < 1.29 is 9.53 Å². The average molecular weight is 352 g/mol. The molecular weight excluding hydrogens is 322 g/mol. The molecule has 4 unspecified atom stereocenters. The highest BCUT2D eigenvalue weighted by Gasteiger charge is 2.39. The van der Waals surface area contributed by atoms with Gasteiger partial charge in [-0.2, -0.15) is 0 Å². The molecule has 0 radical (unpaired) electrons. The van der Waals surface area contributed by atoms with E-state index in [1.807, 2.05) is 31.2 Å². The lowest BCUT2D eigenvalue weighted by Gasteiger charge is -2.24. The number of aromatic nitrogens is 1. The first-order chi connectivity index (χ1) is 11.6. The summed E-state index contributed by atoms with van der Waals surface area (Å²) >= 11 is 1.61. The van der Waals surface area contributed by atoms with Gasteiger partial charge in [0.1, 0.15) is 11.1 Å². The first kappa shape index (κ1) is 17.8. The maximum absolute atomic E-state index is 12.8. The van der Waals surface area contributed by atoms with Crippen molar-refractivity contribution in [1.29, 1.82) is 0 Å². The number of ether oxygens (including phenoxy) is 1. The van der Waals surface area contributed by atoms with Gasteiger partial charge in [-0.3, -0.25) is 4.79 Å². The van der Waals surface area contributed by atoms with Crippen LogP contribution in [0.1, 0.15) is 62.8 Å². The van der Waals surface area contributed by atoms with Crippen molar-refractivity contribution in [1.82, 2.24) is 15.2 Å². The number of likely N-dealkylation sites (N-methyl/N-ethyl adjacent to an activating group) is 1. The number of hydrogen-bond acceptors (Lipinski definition) is 5. The highest BCUT2D eigenvalue weighted by atomic mass is 32.1. The standard InChI is InChI=1S/C18H29N3O2S/c1-4-23-12(2)17-19-14(11-24-17)10-21(3)18(22)16-9-13-7-5-6-8-15(13)20-16/h11-13,15-16,20H,4-10H2,1-3H3. The first-order valence-electron chi connectivity index (χ1n) is 9.15. The Morgan fingerprint density at radius 1 is 1.50 bits per heavy atom. The molecule has 1 aromatic heterocycles. The highest BCUT2D eigenvalue weighted by Crippen LogP contribution is 2.33. The third-order valence-electron chi connectivity index (χ3n) is 5.27. The molecule has 2 aliphatic rings. The lowest BCUT2D eigenvalue weighted by molar-refractivity contribution is -0.132. The topological polar surface area (TPSA) is 54.5 Å². The molecule has 4 atom stereocenters. The molecule has 6 heteroatoms. The fourth-order valence-electron chi connectivity index (χ4n) is 4.00. The quantitative estimate of drug-likeness (QED) is 0.855. The van der Waals surface area contributed by atoms with Crippen LogP contribution in [-0.2, 0) is 16.1 Å². The van der Waals surface area contributed by atoms with E-state index >= 15 is 0 Å². The summed E-state index contributed by atoms with van der Waals surface area (Å²) in [5.74, 6) is 0.899. The van der Waals surface area contributed by atoms with E-state index in [9.17, 15) is 4.79 Å². The van der Waals surface area contributed by atoms with Crippen molar-refractivity contribution in [2.75, 3.05) is 13.7 Å². The molecule has 1 amide bonds. The highest BCUT2D eigenvalue weighted by molar-refractivity contribution is 7.09. The molecule has 1 aliphatic heterocycles. The molecule has 1 saturated carbocycles. The summed E-state index contributed by atoms with van der Waals surface area (Å²) in [5.41, 5.74) is 0.952. The molecule has 0 spiro atoms. The van der Waals surface area contributed by atoms with Crippen LogP contribution in [-0.4, -0.2) is 41.5 Å². The lowest BCUT2D eigenvalue weighted by Crippen LogP contribution is -2.43. The van der Waals surface area contributed by atoms with E-state index in [0.717, 1.165) is 17.1 Å². The van der Waals surface area contributed by atoms with Gasteiger partial charge >= 0.3 is 0 Å². The Kier molecular flexibility index (Phi) is 5.89. The van der Waals surface area contributed by atoms with E-state index in [4.69, 9.17) is 4.74 Å². The average Bonchev–Trinajstić information content (AvgIpc) is 3.20. The number of nitrogens with one attached hydrogen (secondary N) is 1. The van der Waals surface area contributed by atoms with Gasteiger partial charge in [0.15, 0.2) is 0 Å². The summed E-state index contributed by atoms with van der Waals surface area (Å²) in [6, 6.07) is 0.544. The van der Waals surface area contributed by atoms with Gasteiger partial charge in [-0.05, 0) is 39.0 Å². The Hall–Kier alpha value is -0.980. The monoisotopic (exact) mass is 351 g/mol. The fourth-order valence-corrected chi connectivity index (χ4v) is 4.81. The zero-order valence-corrected chi connectivity index (χ0v) is 15.8. The number of carbonyl (C=O) groups is 1. The van der Waals surface area contributed by atoms with E-state index in [0.29, 0.717) is 25.1 Å². The third-order valence-corrected chi connectivity index (χ3v) is 6.32. The second-order valence-electron chi connectivity index (χ2n) is 7.07.